The van der Waals surface area contributed by atoms with Crippen molar-refractivity contribution in [1.29, 1.82) is 0 Å². The molecule has 2 rings (SSSR count). The molecule has 0 bridgehead atoms. The Morgan fingerprint density at radius 2 is 2.00 bits per heavy atom. The highest BCUT2D eigenvalue weighted by atomic mass is 32.1. The van der Waals surface area contributed by atoms with Crippen LogP contribution < -0.4 is 16.2 Å². The number of amides is 1. The highest BCUT2D eigenvalue weighted by Crippen LogP contribution is 2.20. The fourth-order valence-electron chi connectivity index (χ4n) is 2.05. The van der Waals surface area contributed by atoms with Gasteiger partial charge in [0.25, 0.3) is 5.91 Å². The molecule has 0 radical (unpaired) electrons. The van der Waals surface area contributed by atoms with Crippen molar-refractivity contribution in [2.75, 3.05) is 11.9 Å². The van der Waals surface area contributed by atoms with Gasteiger partial charge >= 0.3 is 0 Å². The van der Waals surface area contributed by atoms with E-state index in [4.69, 9.17) is 5.84 Å². The van der Waals surface area contributed by atoms with Crippen LogP contribution in [0.3, 0.4) is 0 Å². The second-order valence-corrected chi connectivity index (χ2v) is 5.68. The number of thiazole rings is 1. The summed E-state index contributed by atoms with van der Waals surface area (Å²) < 4.78 is 0. The lowest BCUT2D eigenvalue weighted by Crippen LogP contribution is -2.30. The van der Waals surface area contributed by atoms with Gasteiger partial charge in [0.05, 0.1) is 12.2 Å². The number of hydrogen-bond acceptors (Lipinski definition) is 5. The summed E-state index contributed by atoms with van der Waals surface area (Å²) in [5, 5.41) is 2.26. The van der Waals surface area contributed by atoms with E-state index in [1.807, 2.05) is 12.4 Å². The average Bonchev–Trinajstić information content (AvgIpc) is 2.85. The molecule has 0 aliphatic rings. The van der Waals surface area contributed by atoms with Crippen molar-refractivity contribution in [3.8, 4) is 0 Å². The van der Waals surface area contributed by atoms with Crippen molar-refractivity contribution >= 4 is 22.9 Å². The van der Waals surface area contributed by atoms with Crippen LogP contribution >= 0.6 is 11.3 Å². The molecular formula is C14H18N4OS. The molecule has 0 fully saturated rings. The molecule has 1 aromatic heterocycles. The number of hydrazine groups is 1. The van der Waals surface area contributed by atoms with E-state index in [1.165, 1.54) is 22.5 Å². The fraction of sp³-hybridized carbons (Fsp3) is 0.286. The number of hydrogen-bond donors (Lipinski definition) is 2. The second-order valence-electron chi connectivity index (χ2n) is 4.82. The number of rotatable bonds is 4. The van der Waals surface area contributed by atoms with Gasteiger partial charge in [0.15, 0.2) is 5.01 Å². The predicted molar refractivity (Wildman–Crippen MR) is 81.8 cm³/mol. The molecule has 1 aromatic carbocycles. The van der Waals surface area contributed by atoms with Crippen molar-refractivity contribution in [3.05, 3.63) is 45.4 Å². The summed E-state index contributed by atoms with van der Waals surface area (Å²) in [5.74, 6) is 4.74. The van der Waals surface area contributed by atoms with Crippen molar-refractivity contribution in [2.45, 2.75) is 20.4 Å². The van der Waals surface area contributed by atoms with Crippen LogP contribution in [0.2, 0.25) is 0 Å². The molecule has 3 N–H and O–H groups in total. The number of nitrogens with one attached hydrogen (secondary N) is 1. The highest BCUT2D eigenvalue weighted by Gasteiger charge is 2.11. The molecule has 5 nitrogen and oxygen atoms in total. The van der Waals surface area contributed by atoms with Gasteiger partial charge in [-0.1, -0.05) is 6.07 Å². The standard InChI is InChI=1S/C14H18N4OS/c1-9-4-10(2)6-12(5-9)18(3)7-11-8-20-14(16-11)13(19)17-15/h4-6,8H,7,15H2,1-3H3,(H,17,19). The van der Waals surface area contributed by atoms with Crippen LogP contribution in [0.5, 0.6) is 0 Å². The summed E-state index contributed by atoms with van der Waals surface area (Å²) >= 11 is 1.30. The molecular weight excluding hydrogens is 272 g/mol. The van der Waals surface area contributed by atoms with Gasteiger partial charge in [0.1, 0.15) is 0 Å². The molecule has 1 heterocycles. The second kappa shape index (κ2) is 6.02. The normalized spacial score (nSPS) is 10.4. The zero-order valence-electron chi connectivity index (χ0n) is 11.8. The molecule has 0 unspecified atom stereocenters. The van der Waals surface area contributed by atoms with Gasteiger partial charge in [0, 0.05) is 18.1 Å². The Bertz CT molecular complexity index is 603. The molecule has 0 saturated heterocycles. The van der Waals surface area contributed by atoms with Crippen molar-refractivity contribution in [3.63, 3.8) is 0 Å². The minimum absolute atomic E-state index is 0.352. The number of aryl methyl sites for hydroxylation is 2. The highest BCUT2D eigenvalue weighted by molar-refractivity contribution is 7.11. The van der Waals surface area contributed by atoms with E-state index in [0.29, 0.717) is 11.6 Å². The molecule has 106 valence electrons. The van der Waals surface area contributed by atoms with Gasteiger partial charge in [-0.2, -0.15) is 0 Å². The van der Waals surface area contributed by atoms with Gasteiger partial charge < -0.3 is 4.90 Å². The molecule has 0 saturated carbocycles. The van der Waals surface area contributed by atoms with Crippen molar-refractivity contribution in [2.24, 2.45) is 5.84 Å². The van der Waals surface area contributed by atoms with Crippen LogP contribution in [0.15, 0.2) is 23.6 Å². The maximum atomic E-state index is 11.4. The van der Waals surface area contributed by atoms with Gasteiger partial charge in [-0.25, -0.2) is 10.8 Å². The van der Waals surface area contributed by atoms with E-state index >= 15 is 0 Å². The summed E-state index contributed by atoms with van der Waals surface area (Å²) in [6.45, 7) is 4.81. The lowest BCUT2D eigenvalue weighted by Gasteiger charge is -2.19. The monoisotopic (exact) mass is 290 g/mol. The molecule has 6 heteroatoms. The van der Waals surface area contributed by atoms with Crippen LogP contribution in [0.25, 0.3) is 0 Å². The summed E-state index contributed by atoms with van der Waals surface area (Å²) in [6.07, 6.45) is 0. The average molecular weight is 290 g/mol. The minimum Gasteiger partial charge on any atom is -0.369 e. The zero-order chi connectivity index (χ0) is 14.7. The van der Waals surface area contributed by atoms with Gasteiger partial charge in [-0.3, -0.25) is 10.2 Å². The SMILES string of the molecule is Cc1cc(C)cc(N(C)Cc2csc(C(=O)NN)n2)c1. The number of nitrogens with zero attached hydrogens (tertiary/aromatic N) is 2. The molecule has 0 aliphatic heterocycles. The summed E-state index contributed by atoms with van der Waals surface area (Å²) in [4.78, 5) is 17.8. The molecule has 20 heavy (non-hydrogen) atoms. The van der Waals surface area contributed by atoms with Crippen molar-refractivity contribution < 1.29 is 4.79 Å². The number of anilines is 1. The number of benzene rings is 1. The Morgan fingerprint density at radius 1 is 1.35 bits per heavy atom. The van der Waals surface area contributed by atoms with E-state index in [0.717, 1.165) is 11.4 Å². The van der Waals surface area contributed by atoms with Gasteiger partial charge in [-0.05, 0) is 37.1 Å². The number of nitrogen functional groups attached to an aromatic ring is 1. The molecule has 0 atom stereocenters. The lowest BCUT2D eigenvalue weighted by atomic mass is 10.1. The molecule has 0 aliphatic carbocycles. The topological polar surface area (TPSA) is 71.2 Å². The first-order chi connectivity index (χ1) is 9.49. The maximum Gasteiger partial charge on any atom is 0.294 e. The van der Waals surface area contributed by atoms with Crippen LogP contribution in [0.4, 0.5) is 5.69 Å². The first kappa shape index (κ1) is 14.5. The Balaban J connectivity index is 2.13. The quantitative estimate of drug-likeness (QED) is 0.513. The van der Waals surface area contributed by atoms with Crippen molar-refractivity contribution in [1.82, 2.24) is 10.4 Å². The van der Waals surface area contributed by atoms with Crippen LogP contribution in [0.1, 0.15) is 26.6 Å². The minimum atomic E-state index is -0.352. The summed E-state index contributed by atoms with van der Waals surface area (Å²) in [6, 6.07) is 6.41. The van der Waals surface area contributed by atoms with Crippen LogP contribution in [0, 0.1) is 13.8 Å². The number of aromatic nitrogens is 1. The molecule has 0 spiro atoms. The Labute approximate surface area is 122 Å². The fourth-order valence-corrected chi connectivity index (χ4v) is 2.76. The van der Waals surface area contributed by atoms with E-state index in [1.54, 1.807) is 0 Å². The van der Waals surface area contributed by atoms with E-state index in [-0.39, 0.29) is 5.91 Å². The number of nitrogens with two attached hydrogens (primary N) is 1. The smallest absolute Gasteiger partial charge is 0.294 e. The lowest BCUT2D eigenvalue weighted by molar-refractivity contribution is 0.0953. The zero-order valence-corrected chi connectivity index (χ0v) is 12.6. The third-order valence-electron chi connectivity index (χ3n) is 2.92. The largest absolute Gasteiger partial charge is 0.369 e. The van der Waals surface area contributed by atoms with Crippen LogP contribution in [-0.4, -0.2) is 17.9 Å². The number of carbonyl (C=O) groups excluding carboxylic acids is 1. The third kappa shape index (κ3) is 3.34. The van der Waals surface area contributed by atoms with E-state index in [2.05, 4.69) is 47.4 Å². The first-order valence-electron chi connectivity index (χ1n) is 6.24. The Morgan fingerprint density at radius 3 is 2.60 bits per heavy atom. The third-order valence-corrected chi connectivity index (χ3v) is 3.81. The first-order valence-corrected chi connectivity index (χ1v) is 7.12. The van der Waals surface area contributed by atoms with Gasteiger partial charge in [-0.15, -0.1) is 11.3 Å². The van der Waals surface area contributed by atoms with E-state index < -0.39 is 0 Å². The van der Waals surface area contributed by atoms with Gasteiger partial charge in [0.2, 0.25) is 0 Å². The molecule has 1 amide bonds. The predicted octanol–water partition coefficient (Wildman–Crippen LogP) is 2.00. The maximum absolute atomic E-state index is 11.4. The van der Waals surface area contributed by atoms with Crippen LogP contribution in [-0.2, 0) is 6.54 Å². The summed E-state index contributed by atoms with van der Waals surface area (Å²) in [7, 11) is 2.01. The Hall–Kier alpha value is -1.92. The number of carbonyl (C=O) groups is 1. The summed E-state index contributed by atoms with van der Waals surface area (Å²) in [5.41, 5.74) is 6.55. The van der Waals surface area contributed by atoms with E-state index in [9.17, 15) is 4.79 Å². The Kier molecular flexibility index (Phi) is 4.36. The molecule has 2 aromatic rings.